The Labute approximate surface area is 115 Å². The standard InChI is InChI=1S/C13H17BrN2O2/c1-13(2,3)18-12(17)10-6-8(14)7-15-11(10)16-9-4-5-9/h6-7,9H,4-5H2,1-3H3,(H,15,16). The van der Waals surface area contributed by atoms with Crippen molar-refractivity contribution >= 4 is 27.7 Å². The monoisotopic (exact) mass is 312 g/mol. The topological polar surface area (TPSA) is 51.2 Å². The molecule has 1 fully saturated rings. The van der Waals surface area contributed by atoms with Gasteiger partial charge < -0.3 is 10.1 Å². The molecule has 98 valence electrons. The summed E-state index contributed by atoms with van der Waals surface area (Å²) in [7, 11) is 0. The SMILES string of the molecule is CC(C)(C)OC(=O)c1cc(Br)cnc1NC1CC1. The molecule has 1 saturated carbocycles. The molecule has 0 bridgehead atoms. The first-order chi connectivity index (χ1) is 8.35. The molecule has 1 heterocycles. The van der Waals surface area contributed by atoms with Crippen molar-refractivity contribution < 1.29 is 9.53 Å². The zero-order chi connectivity index (χ0) is 13.3. The number of carbonyl (C=O) groups is 1. The van der Waals surface area contributed by atoms with Crippen LogP contribution in [0.5, 0.6) is 0 Å². The minimum atomic E-state index is -0.504. The van der Waals surface area contributed by atoms with Crippen LogP contribution in [0, 0.1) is 0 Å². The van der Waals surface area contributed by atoms with E-state index in [-0.39, 0.29) is 5.97 Å². The lowest BCUT2D eigenvalue weighted by molar-refractivity contribution is 0.00702. The predicted molar refractivity (Wildman–Crippen MR) is 73.8 cm³/mol. The third-order valence-corrected chi connectivity index (χ3v) is 2.82. The summed E-state index contributed by atoms with van der Waals surface area (Å²) in [4.78, 5) is 16.4. The number of anilines is 1. The summed E-state index contributed by atoms with van der Waals surface area (Å²) < 4.78 is 6.15. The van der Waals surface area contributed by atoms with Gasteiger partial charge in [-0.1, -0.05) is 0 Å². The summed E-state index contributed by atoms with van der Waals surface area (Å²) in [5, 5.41) is 3.25. The lowest BCUT2D eigenvalue weighted by Gasteiger charge is -2.20. The molecule has 0 radical (unpaired) electrons. The van der Waals surface area contributed by atoms with Gasteiger partial charge in [-0.15, -0.1) is 0 Å². The summed E-state index contributed by atoms with van der Waals surface area (Å²) in [6.07, 6.45) is 3.94. The molecule has 1 aromatic heterocycles. The van der Waals surface area contributed by atoms with Gasteiger partial charge in [0.15, 0.2) is 0 Å². The number of halogens is 1. The average molecular weight is 313 g/mol. The molecule has 1 aliphatic rings. The number of aromatic nitrogens is 1. The van der Waals surface area contributed by atoms with Gasteiger partial charge in [-0.2, -0.15) is 0 Å². The highest BCUT2D eigenvalue weighted by Crippen LogP contribution is 2.27. The minimum absolute atomic E-state index is 0.348. The van der Waals surface area contributed by atoms with Crippen LogP contribution in [0.2, 0.25) is 0 Å². The van der Waals surface area contributed by atoms with E-state index in [1.54, 1.807) is 12.3 Å². The number of nitrogens with one attached hydrogen (secondary N) is 1. The van der Waals surface area contributed by atoms with Crippen LogP contribution >= 0.6 is 15.9 Å². The molecule has 0 aromatic carbocycles. The van der Waals surface area contributed by atoms with E-state index in [1.165, 1.54) is 0 Å². The van der Waals surface area contributed by atoms with E-state index in [4.69, 9.17) is 4.74 Å². The second-order valence-electron chi connectivity index (χ2n) is 5.47. The molecule has 5 heteroatoms. The first kappa shape index (κ1) is 13.3. The Kier molecular flexibility index (Phi) is 3.61. The zero-order valence-corrected chi connectivity index (χ0v) is 12.4. The maximum Gasteiger partial charge on any atom is 0.342 e. The molecular weight excluding hydrogens is 296 g/mol. The number of ether oxygens (including phenoxy) is 1. The highest BCUT2D eigenvalue weighted by Gasteiger charge is 2.26. The summed E-state index contributed by atoms with van der Waals surface area (Å²) in [6, 6.07) is 2.19. The van der Waals surface area contributed by atoms with Crippen molar-refractivity contribution in [3.8, 4) is 0 Å². The summed E-state index contributed by atoms with van der Waals surface area (Å²) in [6.45, 7) is 5.55. The Balaban J connectivity index is 2.23. The fraction of sp³-hybridized carbons (Fsp3) is 0.538. The van der Waals surface area contributed by atoms with E-state index in [9.17, 15) is 4.79 Å². The summed E-state index contributed by atoms with van der Waals surface area (Å²) in [5.41, 5.74) is -0.0258. The van der Waals surface area contributed by atoms with E-state index in [0.29, 0.717) is 17.4 Å². The number of rotatable bonds is 3. The molecule has 0 saturated heterocycles. The third-order valence-electron chi connectivity index (χ3n) is 2.39. The second-order valence-corrected chi connectivity index (χ2v) is 6.39. The van der Waals surface area contributed by atoms with E-state index in [1.807, 2.05) is 20.8 Å². The van der Waals surface area contributed by atoms with Gasteiger partial charge in [-0.05, 0) is 55.6 Å². The van der Waals surface area contributed by atoms with Gasteiger partial charge in [0.05, 0.1) is 0 Å². The Hall–Kier alpha value is -1.10. The molecule has 0 aliphatic heterocycles. The predicted octanol–water partition coefficient (Wildman–Crippen LogP) is 3.37. The number of pyridine rings is 1. The van der Waals surface area contributed by atoms with Crippen molar-refractivity contribution in [1.29, 1.82) is 0 Å². The molecule has 4 nitrogen and oxygen atoms in total. The molecule has 1 N–H and O–H groups in total. The largest absolute Gasteiger partial charge is 0.456 e. The van der Waals surface area contributed by atoms with Crippen LogP contribution in [0.15, 0.2) is 16.7 Å². The van der Waals surface area contributed by atoms with Gasteiger partial charge >= 0.3 is 5.97 Å². The number of nitrogens with zero attached hydrogens (tertiary/aromatic N) is 1. The molecule has 1 aliphatic carbocycles. The van der Waals surface area contributed by atoms with E-state index < -0.39 is 5.60 Å². The van der Waals surface area contributed by atoms with Crippen LogP contribution in [0.25, 0.3) is 0 Å². The quantitative estimate of drug-likeness (QED) is 0.869. The fourth-order valence-corrected chi connectivity index (χ4v) is 1.80. The van der Waals surface area contributed by atoms with Crippen molar-refractivity contribution in [2.24, 2.45) is 0 Å². The molecule has 2 rings (SSSR count). The number of hydrogen-bond donors (Lipinski definition) is 1. The van der Waals surface area contributed by atoms with Crippen LogP contribution in [-0.4, -0.2) is 22.6 Å². The van der Waals surface area contributed by atoms with Crippen LogP contribution < -0.4 is 5.32 Å². The molecule has 0 unspecified atom stereocenters. The van der Waals surface area contributed by atoms with E-state index in [2.05, 4.69) is 26.2 Å². The van der Waals surface area contributed by atoms with Gasteiger partial charge in [-0.3, -0.25) is 0 Å². The molecule has 0 spiro atoms. The zero-order valence-electron chi connectivity index (χ0n) is 10.8. The average Bonchev–Trinajstić information content (AvgIpc) is 3.02. The van der Waals surface area contributed by atoms with Crippen molar-refractivity contribution in [3.63, 3.8) is 0 Å². The number of hydrogen-bond acceptors (Lipinski definition) is 4. The minimum Gasteiger partial charge on any atom is -0.456 e. The number of carbonyl (C=O) groups excluding carboxylic acids is 1. The normalized spacial score (nSPS) is 15.3. The summed E-state index contributed by atoms with van der Waals surface area (Å²) >= 11 is 3.33. The smallest absolute Gasteiger partial charge is 0.342 e. The highest BCUT2D eigenvalue weighted by atomic mass is 79.9. The van der Waals surface area contributed by atoms with Gasteiger partial charge in [0.25, 0.3) is 0 Å². The van der Waals surface area contributed by atoms with Crippen molar-refractivity contribution in [1.82, 2.24) is 4.98 Å². The van der Waals surface area contributed by atoms with Gasteiger partial charge in [0, 0.05) is 16.7 Å². The molecule has 18 heavy (non-hydrogen) atoms. The van der Waals surface area contributed by atoms with Gasteiger partial charge in [-0.25, -0.2) is 9.78 Å². The maximum atomic E-state index is 12.1. The van der Waals surface area contributed by atoms with Gasteiger partial charge in [0.1, 0.15) is 17.0 Å². The molecular formula is C13H17BrN2O2. The third kappa shape index (κ3) is 3.70. The van der Waals surface area contributed by atoms with Crippen LogP contribution in [0.3, 0.4) is 0 Å². The van der Waals surface area contributed by atoms with Gasteiger partial charge in [0.2, 0.25) is 0 Å². The lowest BCUT2D eigenvalue weighted by Crippen LogP contribution is -2.25. The highest BCUT2D eigenvalue weighted by molar-refractivity contribution is 9.10. The van der Waals surface area contributed by atoms with Crippen LogP contribution in [0.4, 0.5) is 5.82 Å². The van der Waals surface area contributed by atoms with Crippen molar-refractivity contribution in [2.75, 3.05) is 5.32 Å². The van der Waals surface area contributed by atoms with E-state index >= 15 is 0 Å². The van der Waals surface area contributed by atoms with Crippen molar-refractivity contribution in [2.45, 2.75) is 45.3 Å². The van der Waals surface area contributed by atoms with Crippen LogP contribution in [0.1, 0.15) is 44.0 Å². The van der Waals surface area contributed by atoms with Crippen molar-refractivity contribution in [3.05, 3.63) is 22.3 Å². The Bertz CT molecular complexity index is 465. The van der Waals surface area contributed by atoms with Crippen LogP contribution in [-0.2, 0) is 4.74 Å². The number of esters is 1. The fourth-order valence-electron chi connectivity index (χ4n) is 1.46. The molecule has 0 amide bonds. The molecule has 1 aromatic rings. The van der Waals surface area contributed by atoms with E-state index in [0.717, 1.165) is 17.3 Å². The first-order valence-corrected chi connectivity index (χ1v) is 6.80. The summed E-state index contributed by atoms with van der Waals surface area (Å²) in [5.74, 6) is 0.259. The Morgan fingerprint density at radius 3 is 2.72 bits per heavy atom. The second kappa shape index (κ2) is 4.88. The Morgan fingerprint density at radius 2 is 2.17 bits per heavy atom. The Morgan fingerprint density at radius 1 is 1.50 bits per heavy atom. The molecule has 0 atom stereocenters. The first-order valence-electron chi connectivity index (χ1n) is 6.00. The maximum absolute atomic E-state index is 12.1. The lowest BCUT2D eigenvalue weighted by atomic mass is 10.2.